The summed E-state index contributed by atoms with van der Waals surface area (Å²) >= 11 is 1.19. The highest BCUT2D eigenvalue weighted by molar-refractivity contribution is 7.91. The van der Waals surface area contributed by atoms with Crippen LogP contribution in [0, 0.1) is 5.92 Å². The zero-order chi connectivity index (χ0) is 19.6. The van der Waals surface area contributed by atoms with Gasteiger partial charge in [-0.25, -0.2) is 8.42 Å². The maximum Gasteiger partial charge on any atom is 0.322 e. The summed E-state index contributed by atoms with van der Waals surface area (Å²) in [6.45, 7) is 0.589. The normalized spacial score (nSPS) is 22.2. The number of anilines is 1. The molecule has 10 heteroatoms. The van der Waals surface area contributed by atoms with E-state index in [1.807, 2.05) is 0 Å². The number of carbonyl (C=O) groups is 1. The number of thiophene rings is 1. The molecule has 3 heterocycles. The van der Waals surface area contributed by atoms with Crippen LogP contribution in [0.4, 0.5) is 6.01 Å². The predicted octanol–water partition coefficient (Wildman–Crippen LogP) is 3.22. The maximum absolute atomic E-state index is 12.7. The average Bonchev–Trinajstić information content (AvgIpc) is 3.41. The lowest BCUT2D eigenvalue weighted by molar-refractivity contribution is -0.121. The number of nitrogens with zero attached hydrogens (tertiary/aromatic N) is 3. The average molecular weight is 425 g/mol. The predicted molar refractivity (Wildman–Crippen MR) is 105 cm³/mol. The van der Waals surface area contributed by atoms with Crippen molar-refractivity contribution in [3.05, 3.63) is 23.4 Å². The lowest BCUT2D eigenvalue weighted by Crippen LogP contribution is -2.43. The molecule has 28 heavy (non-hydrogen) atoms. The molecule has 1 aliphatic heterocycles. The molecule has 2 aromatic heterocycles. The molecule has 1 aliphatic carbocycles. The van der Waals surface area contributed by atoms with Gasteiger partial charge >= 0.3 is 6.01 Å². The van der Waals surface area contributed by atoms with Gasteiger partial charge in [0.25, 0.3) is 10.0 Å². The number of rotatable bonds is 5. The smallest absolute Gasteiger partial charge is 0.322 e. The summed E-state index contributed by atoms with van der Waals surface area (Å²) < 4.78 is 32.8. The van der Waals surface area contributed by atoms with Crippen LogP contribution in [-0.2, 0) is 14.8 Å². The summed E-state index contributed by atoms with van der Waals surface area (Å²) in [4.78, 5) is 12.7. The minimum atomic E-state index is -3.55. The summed E-state index contributed by atoms with van der Waals surface area (Å²) in [7, 11) is -3.55. The Bertz CT molecular complexity index is 904. The van der Waals surface area contributed by atoms with Gasteiger partial charge < -0.3 is 4.42 Å². The van der Waals surface area contributed by atoms with Crippen LogP contribution in [0.5, 0.6) is 0 Å². The highest BCUT2D eigenvalue weighted by Crippen LogP contribution is 2.32. The van der Waals surface area contributed by atoms with Crippen LogP contribution in [-0.4, -0.2) is 41.9 Å². The second-order valence-electron chi connectivity index (χ2n) is 7.40. The van der Waals surface area contributed by atoms with Crippen molar-refractivity contribution in [3.63, 3.8) is 0 Å². The van der Waals surface area contributed by atoms with Crippen molar-refractivity contribution in [2.24, 2.45) is 5.92 Å². The van der Waals surface area contributed by atoms with Gasteiger partial charge in [-0.2, -0.15) is 4.31 Å². The van der Waals surface area contributed by atoms with Gasteiger partial charge in [-0.05, 0) is 37.1 Å². The molecule has 1 amide bonds. The Kier molecular flexibility index (Phi) is 5.79. The van der Waals surface area contributed by atoms with Crippen molar-refractivity contribution >= 4 is 33.3 Å². The Balaban J connectivity index is 1.39. The molecule has 0 aromatic carbocycles. The second kappa shape index (κ2) is 8.30. The summed E-state index contributed by atoms with van der Waals surface area (Å²) in [6.07, 6.45) is 6.89. The fourth-order valence-corrected chi connectivity index (χ4v) is 6.59. The molecule has 1 unspecified atom stereocenters. The minimum Gasteiger partial charge on any atom is -0.408 e. The van der Waals surface area contributed by atoms with Gasteiger partial charge in [0.2, 0.25) is 11.8 Å². The van der Waals surface area contributed by atoms with Crippen LogP contribution in [0.1, 0.15) is 56.8 Å². The second-order valence-corrected chi connectivity index (χ2v) is 10.5. The Hall–Kier alpha value is -1.78. The molecular formula is C18H24N4O4S2. The van der Waals surface area contributed by atoms with Gasteiger partial charge in [0.1, 0.15) is 4.21 Å². The first-order valence-electron chi connectivity index (χ1n) is 9.72. The fourth-order valence-electron chi connectivity index (χ4n) is 3.92. The SMILES string of the molecule is O=C(Nc1nnc(C2CCCCC2)o1)C1CCCN(S(=O)(=O)c2cccs2)C1. The van der Waals surface area contributed by atoms with E-state index in [0.29, 0.717) is 29.5 Å². The van der Waals surface area contributed by atoms with Gasteiger partial charge in [0.15, 0.2) is 0 Å². The van der Waals surface area contributed by atoms with E-state index in [2.05, 4.69) is 15.5 Å². The molecule has 8 nitrogen and oxygen atoms in total. The molecule has 0 bridgehead atoms. The zero-order valence-corrected chi connectivity index (χ0v) is 17.2. The molecule has 1 N–H and O–H groups in total. The van der Waals surface area contributed by atoms with Crippen LogP contribution in [0.3, 0.4) is 0 Å². The molecule has 1 saturated carbocycles. The molecule has 0 radical (unpaired) electrons. The molecule has 4 rings (SSSR count). The first-order chi connectivity index (χ1) is 13.5. The zero-order valence-electron chi connectivity index (χ0n) is 15.5. The Morgan fingerprint density at radius 2 is 2.00 bits per heavy atom. The number of aromatic nitrogens is 2. The highest BCUT2D eigenvalue weighted by Gasteiger charge is 2.34. The third-order valence-electron chi connectivity index (χ3n) is 5.47. The maximum atomic E-state index is 12.7. The lowest BCUT2D eigenvalue weighted by atomic mass is 9.89. The molecule has 2 aromatic rings. The van der Waals surface area contributed by atoms with Crippen molar-refractivity contribution < 1.29 is 17.6 Å². The van der Waals surface area contributed by atoms with Crippen molar-refractivity contribution in [3.8, 4) is 0 Å². The van der Waals surface area contributed by atoms with Crippen molar-refractivity contribution in [1.82, 2.24) is 14.5 Å². The van der Waals surface area contributed by atoms with Crippen LogP contribution in [0.25, 0.3) is 0 Å². The van der Waals surface area contributed by atoms with Crippen LogP contribution in [0.2, 0.25) is 0 Å². The Labute approximate surface area is 168 Å². The quantitative estimate of drug-likeness (QED) is 0.790. The van der Waals surface area contributed by atoms with Crippen molar-refractivity contribution in [2.45, 2.75) is 55.1 Å². The van der Waals surface area contributed by atoms with E-state index in [0.717, 1.165) is 25.7 Å². The summed E-state index contributed by atoms with van der Waals surface area (Å²) in [5.41, 5.74) is 0. The van der Waals surface area contributed by atoms with E-state index in [4.69, 9.17) is 4.42 Å². The molecule has 2 aliphatic rings. The van der Waals surface area contributed by atoms with Crippen molar-refractivity contribution in [2.75, 3.05) is 18.4 Å². The molecule has 152 valence electrons. The number of sulfonamides is 1. The number of nitrogens with one attached hydrogen (secondary N) is 1. The number of amides is 1. The van der Waals surface area contributed by atoms with E-state index >= 15 is 0 Å². The third-order valence-corrected chi connectivity index (χ3v) is 8.71. The van der Waals surface area contributed by atoms with E-state index < -0.39 is 15.9 Å². The third kappa shape index (κ3) is 4.13. The fraction of sp³-hybridized carbons (Fsp3) is 0.611. The van der Waals surface area contributed by atoms with Gasteiger partial charge in [0.05, 0.1) is 5.92 Å². The lowest BCUT2D eigenvalue weighted by Gasteiger charge is -2.30. The van der Waals surface area contributed by atoms with E-state index in [-0.39, 0.29) is 24.4 Å². The minimum absolute atomic E-state index is 0.101. The largest absolute Gasteiger partial charge is 0.408 e. The number of hydrogen-bond acceptors (Lipinski definition) is 7. The summed E-state index contributed by atoms with van der Waals surface area (Å²) in [6, 6.07) is 3.41. The van der Waals surface area contributed by atoms with Crippen LogP contribution in [0.15, 0.2) is 26.1 Å². The van der Waals surface area contributed by atoms with Gasteiger partial charge in [0, 0.05) is 19.0 Å². The van der Waals surface area contributed by atoms with Crippen molar-refractivity contribution in [1.29, 1.82) is 0 Å². The van der Waals surface area contributed by atoms with E-state index in [9.17, 15) is 13.2 Å². The highest BCUT2D eigenvalue weighted by atomic mass is 32.2. The Morgan fingerprint density at radius 3 is 2.75 bits per heavy atom. The Morgan fingerprint density at radius 1 is 1.18 bits per heavy atom. The number of piperidine rings is 1. The van der Waals surface area contributed by atoms with E-state index in [1.54, 1.807) is 17.5 Å². The first-order valence-corrected chi connectivity index (χ1v) is 12.0. The van der Waals surface area contributed by atoms with Gasteiger partial charge in [-0.1, -0.05) is 30.4 Å². The molecule has 2 fully saturated rings. The summed E-state index contributed by atoms with van der Waals surface area (Å²) in [5, 5.41) is 12.5. The monoisotopic (exact) mass is 424 g/mol. The molecular weight excluding hydrogens is 400 g/mol. The van der Waals surface area contributed by atoms with Gasteiger partial charge in [-0.15, -0.1) is 16.4 Å². The standard InChI is InChI=1S/C18H24N4O4S2/c23-16(19-18-21-20-17(26-18)13-6-2-1-3-7-13)14-8-4-10-22(12-14)28(24,25)15-9-5-11-27-15/h5,9,11,13-14H,1-4,6-8,10,12H2,(H,19,21,23). The molecule has 1 atom stereocenters. The van der Waals surface area contributed by atoms with Crippen LogP contribution < -0.4 is 5.32 Å². The van der Waals surface area contributed by atoms with E-state index in [1.165, 1.54) is 22.1 Å². The number of carbonyl (C=O) groups excluding carboxylic acids is 1. The summed E-state index contributed by atoms with van der Waals surface area (Å²) in [5.74, 6) is 0.145. The molecule has 0 spiro atoms. The first kappa shape index (κ1) is 19.5. The number of hydrogen-bond donors (Lipinski definition) is 1. The van der Waals surface area contributed by atoms with Gasteiger partial charge in [-0.3, -0.25) is 10.1 Å². The molecule has 1 saturated heterocycles. The topological polar surface area (TPSA) is 105 Å². The van der Waals surface area contributed by atoms with Crippen LogP contribution >= 0.6 is 11.3 Å².